The lowest BCUT2D eigenvalue weighted by atomic mass is 10.0. The molecular weight excluding hydrogens is 458 g/mol. The van der Waals surface area contributed by atoms with E-state index in [0.717, 1.165) is 39.5 Å². The van der Waals surface area contributed by atoms with Crippen LogP contribution in [-0.2, 0) is 11.4 Å². The van der Waals surface area contributed by atoms with Crippen molar-refractivity contribution in [1.82, 2.24) is 19.7 Å². The minimum Gasteiger partial charge on any atom is -0.489 e. The van der Waals surface area contributed by atoms with E-state index in [4.69, 9.17) is 9.84 Å². The number of nitrogens with zero attached hydrogens (tertiary/aromatic N) is 4. The van der Waals surface area contributed by atoms with Crippen molar-refractivity contribution in [3.8, 4) is 11.7 Å². The van der Waals surface area contributed by atoms with Gasteiger partial charge in [-0.2, -0.15) is 9.78 Å². The molecule has 178 valence electrons. The van der Waals surface area contributed by atoms with Crippen LogP contribution >= 0.6 is 11.8 Å². The van der Waals surface area contributed by atoms with Crippen molar-refractivity contribution in [2.45, 2.75) is 39.6 Å². The van der Waals surface area contributed by atoms with Gasteiger partial charge in [0.1, 0.15) is 18.2 Å². The maximum Gasteiger partial charge on any atom is 0.252 e. The minimum absolute atomic E-state index is 0.0604. The van der Waals surface area contributed by atoms with Crippen molar-refractivity contribution in [2.24, 2.45) is 0 Å². The van der Waals surface area contributed by atoms with Gasteiger partial charge in [0.05, 0.1) is 16.7 Å². The number of ether oxygens (including phenoxy) is 1. The van der Waals surface area contributed by atoms with E-state index in [1.165, 1.54) is 5.56 Å². The summed E-state index contributed by atoms with van der Waals surface area (Å²) in [5.41, 5.74) is 6.94. The summed E-state index contributed by atoms with van der Waals surface area (Å²) in [5, 5.41) is 7.70. The Morgan fingerprint density at radius 1 is 1.00 bits per heavy atom. The molecule has 1 unspecified atom stereocenters. The molecule has 2 aromatic heterocycles. The Bertz CT molecular complexity index is 1360. The highest BCUT2D eigenvalue weighted by Crippen LogP contribution is 2.44. The summed E-state index contributed by atoms with van der Waals surface area (Å²) in [6, 6.07) is 18.3. The molecular formula is C27H27N5O2S. The topological polar surface area (TPSA) is 81.9 Å². The summed E-state index contributed by atoms with van der Waals surface area (Å²) in [6.45, 7) is 8.40. The van der Waals surface area contributed by atoms with Crippen LogP contribution in [0.25, 0.3) is 5.95 Å². The van der Waals surface area contributed by atoms with Gasteiger partial charge in [0, 0.05) is 17.0 Å². The third-order valence-corrected chi connectivity index (χ3v) is 7.15. The molecule has 5 rings (SSSR count). The average molecular weight is 486 g/mol. The number of benzene rings is 2. The molecule has 1 amide bonds. The predicted octanol–water partition coefficient (Wildman–Crippen LogP) is 5.25. The summed E-state index contributed by atoms with van der Waals surface area (Å²) >= 11 is 1.59. The molecule has 0 saturated heterocycles. The molecule has 0 aliphatic carbocycles. The largest absolute Gasteiger partial charge is 0.489 e. The van der Waals surface area contributed by atoms with Gasteiger partial charge in [0.25, 0.3) is 5.95 Å². The zero-order chi connectivity index (χ0) is 24.5. The number of rotatable bonds is 5. The molecule has 0 fully saturated rings. The quantitative estimate of drug-likeness (QED) is 0.416. The lowest BCUT2D eigenvalue weighted by molar-refractivity contribution is -0.113. The molecule has 0 bridgehead atoms. The number of amides is 1. The highest BCUT2D eigenvalue weighted by Gasteiger charge is 2.31. The van der Waals surface area contributed by atoms with E-state index in [9.17, 15) is 4.79 Å². The number of nitrogens with one attached hydrogen (secondary N) is 1. The van der Waals surface area contributed by atoms with Crippen LogP contribution in [0.2, 0.25) is 0 Å². The second-order valence-electron chi connectivity index (χ2n) is 8.79. The van der Waals surface area contributed by atoms with Crippen LogP contribution in [0.5, 0.6) is 5.75 Å². The first-order valence-electron chi connectivity index (χ1n) is 11.5. The van der Waals surface area contributed by atoms with Gasteiger partial charge in [0.15, 0.2) is 0 Å². The number of aromatic nitrogens is 4. The van der Waals surface area contributed by atoms with E-state index in [-0.39, 0.29) is 11.2 Å². The Kier molecular flexibility index (Phi) is 6.30. The first kappa shape index (κ1) is 23.1. The number of fused-ring (bicyclic) bond motifs is 1. The SMILES string of the molecule is Cc1ccc(COc2ccc(C3SCC(=O)Nc4c3c(C)nn4-c3nc(C)cc(C)n3)cc2)cc1. The van der Waals surface area contributed by atoms with Crippen molar-refractivity contribution in [3.63, 3.8) is 0 Å². The number of anilines is 1. The van der Waals surface area contributed by atoms with Gasteiger partial charge in [-0.15, -0.1) is 11.8 Å². The Labute approximate surface area is 209 Å². The zero-order valence-electron chi connectivity index (χ0n) is 20.2. The normalized spacial score (nSPS) is 15.3. The molecule has 3 heterocycles. The average Bonchev–Trinajstić information content (AvgIpc) is 3.03. The van der Waals surface area contributed by atoms with Crippen LogP contribution in [0.15, 0.2) is 54.6 Å². The molecule has 0 spiro atoms. The molecule has 1 aliphatic heterocycles. The van der Waals surface area contributed by atoms with Crippen molar-refractivity contribution < 1.29 is 9.53 Å². The maximum absolute atomic E-state index is 12.6. The number of aryl methyl sites for hydroxylation is 4. The van der Waals surface area contributed by atoms with Crippen molar-refractivity contribution in [3.05, 3.63) is 93.9 Å². The highest BCUT2D eigenvalue weighted by molar-refractivity contribution is 8.00. The van der Waals surface area contributed by atoms with Crippen LogP contribution in [0.4, 0.5) is 5.82 Å². The number of hydrogen-bond acceptors (Lipinski definition) is 6. The Morgan fingerprint density at radius 3 is 2.37 bits per heavy atom. The Morgan fingerprint density at radius 2 is 1.69 bits per heavy atom. The zero-order valence-corrected chi connectivity index (χ0v) is 21.0. The summed E-state index contributed by atoms with van der Waals surface area (Å²) in [5.74, 6) is 2.17. The number of carbonyl (C=O) groups is 1. The standard InChI is InChI=1S/C27H27N5O2S/c1-16-5-7-20(8-6-16)14-34-22-11-9-21(10-12-22)25-24-19(4)31-32(26(24)30-23(33)15-35-25)27-28-17(2)13-18(3)29-27/h5-13,25H,14-15H2,1-4H3,(H,30,33). The molecule has 2 aromatic carbocycles. The maximum atomic E-state index is 12.6. The second kappa shape index (κ2) is 9.54. The van der Waals surface area contributed by atoms with Crippen LogP contribution in [0.3, 0.4) is 0 Å². The molecule has 4 aromatic rings. The third-order valence-electron chi connectivity index (χ3n) is 5.88. The third kappa shape index (κ3) is 4.93. The number of thioether (sulfide) groups is 1. The molecule has 0 saturated carbocycles. The molecule has 7 nitrogen and oxygen atoms in total. The minimum atomic E-state index is -0.0673. The summed E-state index contributed by atoms with van der Waals surface area (Å²) in [7, 11) is 0. The van der Waals surface area contributed by atoms with Gasteiger partial charge in [-0.1, -0.05) is 42.0 Å². The molecule has 1 aliphatic rings. The molecule has 35 heavy (non-hydrogen) atoms. The molecule has 1 N–H and O–H groups in total. The predicted molar refractivity (Wildman–Crippen MR) is 138 cm³/mol. The number of carbonyl (C=O) groups excluding carboxylic acids is 1. The summed E-state index contributed by atoms with van der Waals surface area (Å²) in [4.78, 5) is 21.7. The summed E-state index contributed by atoms with van der Waals surface area (Å²) in [6.07, 6.45) is 0. The molecule has 0 radical (unpaired) electrons. The fourth-order valence-electron chi connectivity index (χ4n) is 4.18. The van der Waals surface area contributed by atoms with Crippen molar-refractivity contribution >= 4 is 23.5 Å². The van der Waals surface area contributed by atoms with Gasteiger partial charge in [-0.05, 0) is 57.0 Å². The van der Waals surface area contributed by atoms with Gasteiger partial charge in [-0.3, -0.25) is 4.79 Å². The van der Waals surface area contributed by atoms with Crippen LogP contribution in [0, 0.1) is 27.7 Å². The second-order valence-corrected chi connectivity index (χ2v) is 9.89. The lowest BCUT2D eigenvalue weighted by Crippen LogP contribution is -2.17. The van der Waals surface area contributed by atoms with Crippen molar-refractivity contribution in [2.75, 3.05) is 11.1 Å². The van der Waals surface area contributed by atoms with Gasteiger partial charge in [-0.25, -0.2) is 9.97 Å². The first-order chi connectivity index (χ1) is 16.9. The van der Waals surface area contributed by atoms with E-state index >= 15 is 0 Å². The van der Waals surface area contributed by atoms with E-state index in [0.29, 0.717) is 24.1 Å². The lowest BCUT2D eigenvalue weighted by Gasteiger charge is -2.16. The van der Waals surface area contributed by atoms with Gasteiger partial charge >= 0.3 is 0 Å². The van der Waals surface area contributed by atoms with Crippen LogP contribution < -0.4 is 10.1 Å². The van der Waals surface area contributed by atoms with Crippen LogP contribution in [-0.4, -0.2) is 31.4 Å². The Balaban J connectivity index is 1.44. The van der Waals surface area contributed by atoms with E-state index in [1.54, 1.807) is 16.4 Å². The highest BCUT2D eigenvalue weighted by atomic mass is 32.2. The van der Waals surface area contributed by atoms with Gasteiger partial charge in [0.2, 0.25) is 5.91 Å². The van der Waals surface area contributed by atoms with Gasteiger partial charge < -0.3 is 10.1 Å². The first-order valence-corrected chi connectivity index (χ1v) is 12.5. The monoisotopic (exact) mass is 485 g/mol. The van der Waals surface area contributed by atoms with Crippen LogP contribution in [0.1, 0.15) is 44.6 Å². The fraction of sp³-hybridized carbons (Fsp3) is 0.259. The fourth-order valence-corrected chi connectivity index (χ4v) is 5.37. The smallest absolute Gasteiger partial charge is 0.252 e. The molecule has 8 heteroatoms. The van der Waals surface area contributed by atoms with E-state index < -0.39 is 0 Å². The number of hydrogen-bond donors (Lipinski definition) is 1. The summed E-state index contributed by atoms with van der Waals surface area (Å²) < 4.78 is 7.64. The van der Waals surface area contributed by atoms with Crippen molar-refractivity contribution in [1.29, 1.82) is 0 Å². The molecule has 1 atom stereocenters. The van der Waals surface area contributed by atoms with E-state index in [1.807, 2.05) is 39.0 Å². The van der Waals surface area contributed by atoms with E-state index in [2.05, 4.69) is 58.6 Å². The Hall–Kier alpha value is -3.65.